The van der Waals surface area contributed by atoms with Crippen LogP contribution in [0.2, 0.25) is 0 Å². The molecule has 0 aromatic heterocycles. The third kappa shape index (κ3) is 2.38. The first-order chi connectivity index (χ1) is 11.9. The molecule has 1 aliphatic carbocycles. The molecule has 4 rings (SSSR count). The molecule has 3 aromatic rings. The van der Waals surface area contributed by atoms with E-state index in [4.69, 9.17) is 0 Å². The molecule has 24 heavy (non-hydrogen) atoms. The van der Waals surface area contributed by atoms with Gasteiger partial charge in [-0.2, -0.15) is 0 Å². The molecule has 0 heterocycles. The largest absolute Gasteiger partial charge is 0.179 e. The minimum absolute atomic E-state index is 1.04. The molecule has 0 unspecified atom stereocenters. The average molecular weight is 324 g/mol. The average Bonchev–Trinajstić information content (AvgIpc) is 3.20. The highest BCUT2D eigenvalue weighted by molar-refractivity contribution is 7.16. The Kier molecular flexibility index (Phi) is 4.02. The first-order valence-corrected chi connectivity index (χ1v) is 10.5. The summed E-state index contributed by atoms with van der Waals surface area (Å²) in [5.41, 5.74) is 0. The van der Waals surface area contributed by atoms with E-state index < -0.39 is 8.07 Å². The number of allylic oxidation sites excluding steroid dienone is 4. The Morgan fingerprint density at radius 2 is 0.958 bits per heavy atom. The molecule has 1 aliphatic rings. The molecule has 0 fully saturated rings. The van der Waals surface area contributed by atoms with E-state index in [1.807, 2.05) is 0 Å². The van der Waals surface area contributed by atoms with Gasteiger partial charge < -0.3 is 0 Å². The summed E-state index contributed by atoms with van der Waals surface area (Å²) in [6, 6.07) is 33.2. The second-order valence-corrected chi connectivity index (χ2v) is 9.96. The molecular formula is C23H20Si. The normalized spacial score (nSPS) is 13.8. The zero-order chi connectivity index (χ0) is 16.2. The number of hydrogen-bond donors (Lipinski definition) is 0. The zero-order valence-corrected chi connectivity index (χ0v) is 14.6. The minimum Gasteiger partial charge on any atom is -0.0808 e. The fourth-order valence-electron chi connectivity index (χ4n) is 3.80. The summed E-state index contributed by atoms with van der Waals surface area (Å²) < 4.78 is 0. The van der Waals surface area contributed by atoms with Crippen LogP contribution in [0, 0.1) is 0 Å². The Bertz CT molecular complexity index is 765. The van der Waals surface area contributed by atoms with Crippen LogP contribution < -0.4 is 15.6 Å². The SMILES string of the molecule is C1=CC([Si](c2ccccc2)(c2ccccc2)c2ccccc2)=CC1. The van der Waals surface area contributed by atoms with Gasteiger partial charge in [-0.3, -0.25) is 0 Å². The maximum atomic E-state index is 2.42. The molecule has 3 aromatic carbocycles. The van der Waals surface area contributed by atoms with E-state index in [1.165, 1.54) is 20.8 Å². The highest BCUT2D eigenvalue weighted by Crippen LogP contribution is 2.22. The second kappa shape index (κ2) is 6.46. The molecule has 0 spiro atoms. The van der Waals surface area contributed by atoms with Crippen molar-refractivity contribution in [2.75, 3.05) is 0 Å². The lowest BCUT2D eigenvalue weighted by Gasteiger charge is -2.34. The van der Waals surface area contributed by atoms with Crippen molar-refractivity contribution in [1.29, 1.82) is 0 Å². The van der Waals surface area contributed by atoms with Gasteiger partial charge in [-0.1, -0.05) is 109 Å². The van der Waals surface area contributed by atoms with Gasteiger partial charge in [-0.15, -0.1) is 0 Å². The van der Waals surface area contributed by atoms with E-state index in [0.717, 1.165) is 6.42 Å². The van der Waals surface area contributed by atoms with Crippen LogP contribution in [0.15, 0.2) is 114 Å². The summed E-state index contributed by atoms with van der Waals surface area (Å²) in [6.45, 7) is 0. The summed E-state index contributed by atoms with van der Waals surface area (Å²) in [5.74, 6) is 0. The van der Waals surface area contributed by atoms with Crippen molar-refractivity contribution in [3.8, 4) is 0 Å². The summed E-state index contributed by atoms with van der Waals surface area (Å²) in [5, 5.41) is 5.83. The van der Waals surface area contributed by atoms with E-state index in [0.29, 0.717) is 0 Å². The topological polar surface area (TPSA) is 0 Å². The van der Waals surface area contributed by atoms with Gasteiger partial charge in [-0.05, 0) is 27.2 Å². The second-order valence-electron chi connectivity index (χ2n) is 6.15. The van der Waals surface area contributed by atoms with E-state index >= 15 is 0 Å². The Balaban J connectivity index is 2.09. The molecule has 0 saturated heterocycles. The van der Waals surface area contributed by atoms with Crippen LogP contribution in [-0.4, -0.2) is 8.07 Å². The third-order valence-corrected chi connectivity index (χ3v) is 9.66. The molecule has 0 bridgehead atoms. The number of hydrogen-bond acceptors (Lipinski definition) is 0. The molecular weight excluding hydrogens is 304 g/mol. The van der Waals surface area contributed by atoms with Crippen LogP contribution in [0.25, 0.3) is 0 Å². The Labute approximate surface area is 144 Å². The fourth-order valence-corrected chi connectivity index (χ4v) is 8.67. The first kappa shape index (κ1) is 14.9. The van der Waals surface area contributed by atoms with E-state index in [1.54, 1.807) is 0 Å². The molecule has 0 nitrogen and oxygen atoms in total. The van der Waals surface area contributed by atoms with Gasteiger partial charge in [0.15, 0.2) is 8.07 Å². The van der Waals surface area contributed by atoms with E-state index in [2.05, 4.69) is 109 Å². The predicted molar refractivity (Wildman–Crippen MR) is 106 cm³/mol. The van der Waals surface area contributed by atoms with Crippen LogP contribution in [0.3, 0.4) is 0 Å². The summed E-state index contributed by atoms with van der Waals surface area (Å²) >= 11 is 0. The lowest BCUT2D eigenvalue weighted by atomic mass is 10.3. The van der Waals surface area contributed by atoms with Gasteiger partial charge in [0.25, 0.3) is 0 Å². The van der Waals surface area contributed by atoms with E-state index in [9.17, 15) is 0 Å². The van der Waals surface area contributed by atoms with Crippen molar-refractivity contribution in [2.45, 2.75) is 6.42 Å². The van der Waals surface area contributed by atoms with Crippen LogP contribution in [0.4, 0.5) is 0 Å². The van der Waals surface area contributed by atoms with Crippen molar-refractivity contribution in [1.82, 2.24) is 0 Å². The van der Waals surface area contributed by atoms with Crippen molar-refractivity contribution < 1.29 is 0 Å². The Hall–Kier alpha value is -2.64. The van der Waals surface area contributed by atoms with Gasteiger partial charge >= 0.3 is 0 Å². The number of rotatable bonds is 4. The maximum Gasteiger partial charge on any atom is 0.179 e. The lowest BCUT2D eigenvalue weighted by molar-refractivity contribution is 1.45. The van der Waals surface area contributed by atoms with Gasteiger partial charge in [0.2, 0.25) is 0 Å². The minimum atomic E-state index is -2.22. The van der Waals surface area contributed by atoms with Gasteiger partial charge in [-0.25, -0.2) is 0 Å². The van der Waals surface area contributed by atoms with Crippen molar-refractivity contribution in [3.05, 3.63) is 114 Å². The van der Waals surface area contributed by atoms with Crippen molar-refractivity contribution in [2.24, 2.45) is 0 Å². The molecule has 1 heteroatoms. The summed E-state index contributed by atoms with van der Waals surface area (Å²) in [4.78, 5) is 0. The fraction of sp³-hybridized carbons (Fsp3) is 0.0435. The van der Waals surface area contributed by atoms with Crippen molar-refractivity contribution >= 4 is 23.6 Å². The van der Waals surface area contributed by atoms with Gasteiger partial charge in [0.05, 0.1) is 0 Å². The van der Waals surface area contributed by atoms with Crippen molar-refractivity contribution in [3.63, 3.8) is 0 Å². The van der Waals surface area contributed by atoms with E-state index in [-0.39, 0.29) is 0 Å². The van der Waals surface area contributed by atoms with Crippen LogP contribution in [-0.2, 0) is 0 Å². The molecule has 0 N–H and O–H groups in total. The zero-order valence-electron chi connectivity index (χ0n) is 13.6. The monoisotopic (exact) mass is 324 g/mol. The molecule has 0 radical (unpaired) electrons. The maximum absolute atomic E-state index is 2.42. The molecule has 0 amide bonds. The third-order valence-electron chi connectivity index (χ3n) is 4.82. The summed E-state index contributed by atoms with van der Waals surface area (Å²) in [7, 11) is -2.22. The van der Waals surface area contributed by atoms with Crippen LogP contribution >= 0.6 is 0 Å². The Morgan fingerprint density at radius 3 is 1.29 bits per heavy atom. The molecule has 0 atom stereocenters. The van der Waals surface area contributed by atoms with Crippen LogP contribution in [0.5, 0.6) is 0 Å². The van der Waals surface area contributed by atoms with Gasteiger partial charge in [0, 0.05) is 0 Å². The number of benzene rings is 3. The highest BCUT2D eigenvalue weighted by atomic mass is 28.3. The smallest absolute Gasteiger partial charge is 0.0808 e. The standard InChI is InChI=1S/C23H20Si/c1-4-12-20(13-5-1)24(23-18-10-11-19-23,21-14-6-2-7-15-21)22-16-8-3-9-17-22/h1-10,12-19H,11H2. The predicted octanol–water partition coefficient (Wildman–Crippen LogP) is 3.58. The molecule has 0 aliphatic heterocycles. The van der Waals surface area contributed by atoms with Gasteiger partial charge in [0.1, 0.15) is 0 Å². The Morgan fingerprint density at radius 1 is 0.542 bits per heavy atom. The quantitative estimate of drug-likeness (QED) is 0.508. The molecule has 116 valence electrons. The lowest BCUT2D eigenvalue weighted by Crippen LogP contribution is -2.68. The first-order valence-electron chi connectivity index (χ1n) is 8.46. The highest BCUT2D eigenvalue weighted by Gasteiger charge is 2.42. The van der Waals surface area contributed by atoms with Crippen LogP contribution in [0.1, 0.15) is 6.42 Å². The molecule has 0 saturated carbocycles. The summed E-state index contributed by atoms with van der Waals surface area (Å²) in [6.07, 6.45) is 8.08.